The number of aromatic nitrogens is 1. The average Bonchev–Trinajstić information content (AvgIpc) is 3.00. The van der Waals surface area contributed by atoms with Gasteiger partial charge in [-0.15, -0.1) is 0 Å². The van der Waals surface area contributed by atoms with Crippen LogP contribution in [0.3, 0.4) is 0 Å². The number of carbonyl (C=O) groups is 1. The van der Waals surface area contributed by atoms with Gasteiger partial charge in [0.1, 0.15) is 0 Å². The molecular formula is C15H20N4OS. The first-order chi connectivity index (χ1) is 10.2. The second kappa shape index (κ2) is 7.75. The number of urea groups is 1. The van der Waals surface area contributed by atoms with Gasteiger partial charge < -0.3 is 15.5 Å². The normalized spacial score (nSPS) is 12.1. The van der Waals surface area contributed by atoms with E-state index in [1.807, 2.05) is 37.7 Å². The minimum Gasteiger partial charge on any atom is -0.336 e. The van der Waals surface area contributed by atoms with Crippen molar-refractivity contribution in [3.8, 4) is 0 Å². The van der Waals surface area contributed by atoms with Crippen molar-refractivity contribution in [3.05, 3.63) is 52.5 Å². The maximum Gasteiger partial charge on any atom is 0.315 e. The third kappa shape index (κ3) is 4.84. The number of pyridine rings is 1. The SMILES string of the molecule is CN(C)C(CNC(=O)NCc1ccccn1)c1ccsc1. The van der Waals surface area contributed by atoms with E-state index >= 15 is 0 Å². The molecule has 2 N–H and O–H groups in total. The summed E-state index contributed by atoms with van der Waals surface area (Å²) in [4.78, 5) is 18.1. The molecule has 6 heteroatoms. The first-order valence-electron chi connectivity index (χ1n) is 6.77. The molecule has 0 saturated heterocycles. The fourth-order valence-electron chi connectivity index (χ4n) is 1.99. The smallest absolute Gasteiger partial charge is 0.315 e. The number of rotatable bonds is 6. The number of carbonyl (C=O) groups excluding carboxylic acids is 1. The van der Waals surface area contributed by atoms with Crippen LogP contribution in [0.5, 0.6) is 0 Å². The average molecular weight is 304 g/mol. The third-order valence-electron chi connectivity index (χ3n) is 3.16. The lowest BCUT2D eigenvalue weighted by Crippen LogP contribution is -2.40. The molecule has 0 radical (unpaired) electrons. The minimum atomic E-state index is -0.178. The summed E-state index contributed by atoms with van der Waals surface area (Å²) in [6, 6.07) is 7.73. The molecule has 2 amide bonds. The largest absolute Gasteiger partial charge is 0.336 e. The molecule has 0 aliphatic rings. The van der Waals surface area contributed by atoms with E-state index < -0.39 is 0 Å². The van der Waals surface area contributed by atoms with Gasteiger partial charge in [0.25, 0.3) is 0 Å². The summed E-state index contributed by atoms with van der Waals surface area (Å²) in [6.45, 7) is 0.996. The summed E-state index contributed by atoms with van der Waals surface area (Å²) in [7, 11) is 4.02. The molecule has 1 unspecified atom stereocenters. The number of thiophene rings is 1. The lowest BCUT2D eigenvalue weighted by atomic mass is 10.1. The van der Waals surface area contributed by atoms with E-state index in [-0.39, 0.29) is 12.1 Å². The van der Waals surface area contributed by atoms with Gasteiger partial charge in [0.15, 0.2) is 0 Å². The number of amides is 2. The molecule has 0 aliphatic heterocycles. The van der Waals surface area contributed by atoms with Crippen LogP contribution in [0, 0.1) is 0 Å². The molecular weight excluding hydrogens is 284 g/mol. The van der Waals surface area contributed by atoms with Crippen LogP contribution in [0.15, 0.2) is 41.2 Å². The molecule has 2 aromatic heterocycles. The zero-order valence-corrected chi connectivity index (χ0v) is 13.1. The van der Waals surface area contributed by atoms with Crippen molar-refractivity contribution in [2.24, 2.45) is 0 Å². The number of hydrogen-bond acceptors (Lipinski definition) is 4. The van der Waals surface area contributed by atoms with E-state index in [0.717, 1.165) is 5.69 Å². The second-order valence-corrected chi connectivity index (χ2v) is 5.70. The summed E-state index contributed by atoms with van der Waals surface area (Å²) < 4.78 is 0. The van der Waals surface area contributed by atoms with Crippen LogP contribution >= 0.6 is 11.3 Å². The maximum atomic E-state index is 11.8. The lowest BCUT2D eigenvalue weighted by molar-refractivity contribution is 0.232. The van der Waals surface area contributed by atoms with Crippen LogP contribution in [0.25, 0.3) is 0 Å². The number of likely N-dealkylation sites (N-methyl/N-ethyl adjacent to an activating group) is 1. The van der Waals surface area contributed by atoms with Gasteiger partial charge in [0.05, 0.1) is 18.3 Å². The van der Waals surface area contributed by atoms with Crippen molar-refractivity contribution < 1.29 is 4.79 Å². The molecule has 112 valence electrons. The van der Waals surface area contributed by atoms with Gasteiger partial charge in [0.2, 0.25) is 0 Å². The zero-order valence-electron chi connectivity index (χ0n) is 12.2. The standard InChI is InChI=1S/C15H20N4OS/c1-19(2)14(12-6-8-21-11-12)10-18-15(20)17-9-13-5-3-4-7-16-13/h3-8,11,14H,9-10H2,1-2H3,(H2,17,18,20). The Labute approximate surface area is 129 Å². The molecule has 0 bridgehead atoms. The van der Waals surface area contributed by atoms with Gasteiger partial charge in [-0.05, 0) is 48.6 Å². The number of nitrogens with one attached hydrogen (secondary N) is 2. The van der Waals surface area contributed by atoms with Crippen molar-refractivity contribution in [3.63, 3.8) is 0 Å². The molecule has 0 aliphatic carbocycles. The summed E-state index contributed by atoms with van der Waals surface area (Å²) in [6.07, 6.45) is 1.72. The van der Waals surface area contributed by atoms with Crippen LogP contribution in [0.2, 0.25) is 0 Å². The highest BCUT2D eigenvalue weighted by Crippen LogP contribution is 2.19. The Hall–Kier alpha value is -1.92. The minimum absolute atomic E-state index is 0.178. The van der Waals surface area contributed by atoms with E-state index in [1.54, 1.807) is 17.5 Å². The Morgan fingerprint density at radius 2 is 2.19 bits per heavy atom. The molecule has 2 heterocycles. The Morgan fingerprint density at radius 3 is 2.81 bits per heavy atom. The third-order valence-corrected chi connectivity index (χ3v) is 3.86. The summed E-state index contributed by atoms with van der Waals surface area (Å²) in [5.41, 5.74) is 2.06. The zero-order chi connectivity index (χ0) is 15.1. The lowest BCUT2D eigenvalue weighted by Gasteiger charge is -2.24. The van der Waals surface area contributed by atoms with Gasteiger partial charge in [-0.25, -0.2) is 4.79 Å². The van der Waals surface area contributed by atoms with Gasteiger partial charge >= 0.3 is 6.03 Å². The number of hydrogen-bond donors (Lipinski definition) is 2. The van der Waals surface area contributed by atoms with Crippen molar-refractivity contribution in [2.75, 3.05) is 20.6 Å². The highest BCUT2D eigenvalue weighted by molar-refractivity contribution is 7.07. The van der Waals surface area contributed by atoms with E-state index in [2.05, 4.69) is 32.0 Å². The van der Waals surface area contributed by atoms with Crippen LogP contribution < -0.4 is 10.6 Å². The van der Waals surface area contributed by atoms with Crippen LogP contribution in [0.1, 0.15) is 17.3 Å². The molecule has 21 heavy (non-hydrogen) atoms. The first-order valence-corrected chi connectivity index (χ1v) is 7.71. The predicted octanol–water partition coefficient (Wildman–Crippen LogP) is 2.25. The molecule has 0 saturated carbocycles. The quantitative estimate of drug-likeness (QED) is 0.860. The maximum absolute atomic E-state index is 11.8. The number of nitrogens with zero attached hydrogens (tertiary/aromatic N) is 2. The Kier molecular flexibility index (Phi) is 5.71. The van der Waals surface area contributed by atoms with Crippen molar-refractivity contribution in [1.29, 1.82) is 0 Å². The molecule has 2 rings (SSSR count). The van der Waals surface area contributed by atoms with E-state index in [4.69, 9.17) is 0 Å². The van der Waals surface area contributed by atoms with Gasteiger partial charge in [-0.1, -0.05) is 6.07 Å². The fraction of sp³-hybridized carbons (Fsp3) is 0.333. The molecule has 2 aromatic rings. The van der Waals surface area contributed by atoms with Crippen molar-refractivity contribution >= 4 is 17.4 Å². The summed E-state index contributed by atoms with van der Waals surface area (Å²) >= 11 is 1.66. The monoisotopic (exact) mass is 304 g/mol. The first kappa shape index (κ1) is 15.5. The van der Waals surface area contributed by atoms with Crippen LogP contribution in [0.4, 0.5) is 4.79 Å². The highest BCUT2D eigenvalue weighted by Gasteiger charge is 2.15. The topological polar surface area (TPSA) is 57.3 Å². The van der Waals surface area contributed by atoms with Crippen LogP contribution in [-0.4, -0.2) is 36.6 Å². The Morgan fingerprint density at radius 1 is 1.33 bits per heavy atom. The molecule has 0 aromatic carbocycles. The Bertz CT molecular complexity index is 542. The van der Waals surface area contributed by atoms with E-state index in [9.17, 15) is 4.79 Å². The fourth-order valence-corrected chi connectivity index (χ4v) is 2.70. The van der Waals surface area contributed by atoms with Crippen LogP contribution in [-0.2, 0) is 6.54 Å². The molecule has 0 spiro atoms. The molecule has 0 fully saturated rings. The van der Waals surface area contributed by atoms with E-state index in [0.29, 0.717) is 13.1 Å². The van der Waals surface area contributed by atoms with Gasteiger partial charge in [0, 0.05) is 12.7 Å². The second-order valence-electron chi connectivity index (χ2n) is 4.92. The predicted molar refractivity (Wildman–Crippen MR) is 85.2 cm³/mol. The van der Waals surface area contributed by atoms with Crippen molar-refractivity contribution in [1.82, 2.24) is 20.5 Å². The highest BCUT2D eigenvalue weighted by atomic mass is 32.1. The summed E-state index contributed by atoms with van der Waals surface area (Å²) in [5.74, 6) is 0. The van der Waals surface area contributed by atoms with E-state index in [1.165, 1.54) is 5.56 Å². The summed E-state index contributed by atoms with van der Waals surface area (Å²) in [5, 5.41) is 9.88. The van der Waals surface area contributed by atoms with Gasteiger partial charge in [-0.3, -0.25) is 4.98 Å². The molecule has 5 nitrogen and oxygen atoms in total. The molecule has 1 atom stereocenters. The Balaban J connectivity index is 1.80. The van der Waals surface area contributed by atoms with Gasteiger partial charge in [-0.2, -0.15) is 11.3 Å². The van der Waals surface area contributed by atoms with Crippen molar-refractivity contribution in [2.45, 2.75) is 12.6 Å².